The molecular formula is C15H31NO3Y. The van der Waals surface area contributed by atoms with Crippen LogP contribution in [0.4, 0.5) is 0 Å². The zero-order chi connectivity index (χ0) is 15.5. The number of aliphatic hydroxyl groups is 2. The molecule has 1 radical (unpaired) electrons. The molecule has 0 saturated heterocycles. The zero-order valence-corrected chi connectivity index (χ0v) is 16.2. The fourth-order valence-corrected chi connectivity index (χ4v) is 1.49. The summed E-state index contributed by atoms with van der Waals surface area (Å²) < 4.78 is 0. The Morgan fingerprint density at radius 3 is 1.90 bits per heavy atom. The summed E-state index contributed by atoms with van der Waals surface area (Å²) in [4.78, 5) is 0. The number of rotatable bonds is 5. The number of nitrogens with two attached hydrogens (primary N) is 1. The third kappa shape index (κ3) is 18.2. The van der Waals surface area contributed by atoms with Crippen molar-refractivity contribution in [2.45, 2.75) is 46.5 Å². The van der Waals surface area contributed by atoms with E-state index in [0.29, 0.717) is 6.61 Å². The molecule has 0 aromatic heterocycles. The molecular weight excluding hydrogens is 331 g/mol. The van der Waals surface area contributed by atoms with E-state index in [4.69, 9.17) is 15.4 Å². The molecule has 0 amide bonds. The number of aryl methyl sites for hydroxylation is 2. The second-order valence-electron chi connectivity index (χ2n) is 3.46. The average molecular weight is 362 g/mol. The van der Waals surface area contributed by atoms with Gasteiger partial charge in [0.05, 0.1) is 0 Å². The summed E-state index contributed by atoms with van der Waals surface area (Å²) >= 11 is 0. The van der Waals surface area contributed by atoms with E-state index in [1.165, 1.54) is 17.5 Å². The van der Waals surface area contributed by atoms with Crippen molar-refractivity contribution in [3.63, 3.8) is 0 Å². The van der Waals surface area contributed by atoms with Gasteiger partial charge in [-0.1, -0.05) is 44.5 Å². The Bertz CT molecular complexity index is 261. The SMILES string of the molecule is CC.CO.Cc1ccccc1CCCCCO.NO.[Y]. The van der Waals surface area contributed by atoms with Crippen molar-refractivity contribution >= 4 is 0 Å². The molecule has 0 saturated carbocycles. The molecule has 0 aliphatic carbocycles. The monoisotopic (exact) mass is 362 g/mol. The van der Waals surface area contributed by atoms with E-state index in [9.17, 15) is 0 Å². The molecule has 0 bridgehead atoms. The fourth-order valence-electron chi connectivity index (χ4n) is 1.49. The van der Waals surface area contributed by atoms with Crippen LogP contribution in [-0.4, -0.2) is 29.1 Å². The van der Waals surface area contributed by atoms with Crippen LogP contribution in [0.5, 0.6) is 0 Å². The van der Waals surface area contributed by atoms with Crippen molar-refractivity contribution in [1.82, 2.24) is 0 Å². The van der Waals surface area contributed by atoms with Gasteiger partial charge >= 0.3 is 0 Å². The van der Waals surface area contributed by atoms with Gasteiger partial charge in [-0.3, -0.25) is 0 Å². The first kappa shape index (κ1) is 28.3. The van der Waals surface area contributed by atoms with Crippen LogP contribution >= 0.6 is 0 Å². The number of hydrogen-bond donors (Lipinski definition) is 4. The van der Waals surface area contributed by atoms with E-state index in [1.54, 1.807) is 0 Å². The Hall–Kier alpha value is 0.164. The van der Waals surface area contributed by atoms with Crippen LogP contribution in [-0.2, 0) is 39.1 Å². The van der Waals surface area contributed by atoms with Crippen LogP contribution in [0, 0.1) is 6.92 Å². The Morgan fingerprint density at radius 1 is 0.950 bits per heavy atom. The predicted molar refractivity (Wildman–Crippen MR) is 81.3 cm³/mol. The minimum absolute atomic E-state index is 0. The van der Waals surface area contributed by atoms with Gasteiger partial charge in [0.15, 0.2) is 0 Å². The van der Waals surface area contributed by atoms with E-state index >= 15 is 0 Å². The molecule has 4 nitrogen and oxygen atoms in total. The van der Waals surface area contributed by atoms with Crippen molar-refractivity contribution in [3.8, 4) is 0 Å². The summed E-state index contributed by atoms with van der Waals surface area (Å²) in [6.45, 7) is 6.48. The van der Waals surface area contributed by atoms with Gasteiger partial charge in [0.1, 0.15) is 0 Å². The van der Waals surface area contributed by atoms with Crippen LogP contribution < -0.4 is 5.90 Å². The van der Waals surface area contributed by atoms with E-state index in [-0.39, 0.29) is 32.7 Å². The maximum Gasteiger partial charge on any atom is 0.0431 e. The molecule has 1 aromatic rings. The predicted octanol–water partition coefficient (Wildman–Crippen LogP) is 2.67. The normalized spacial score (nSPS) is 7.60. The summed E-state index contributed by atoms with van der Waals surface area (Å²) in [7, 11) is 1.00. The van der Waals surface area contributed by atoms with Crippen LogP contribution in [0.15, 0.2) is 24.3 Å². The van der Waals surface area contributed by atoms with Crippen molar-refractivity contribution < 1.29 is 48.1 Å². The van der Waals surface area contributed by atoms with Crippen LogP contribution in [0.3, 0.4) is 0 Å². The van der Waals surface area contributed by atoms with E-state index < -0.39 is 0 Å². The molecule has 117 valence electrons. The fraction of sp³-hybridized carbons (Fsp3) is 0.600. The summed E-state index contributed by atoms with van der Waals surface area (Å²) in [5.41, 5.74) is 2.83. The quantitative estimate of drug-likeness (QED) is 0.479. The second kappa shape index (κ2) is 27.5. The topological polar surface area (TPSA) is 86.7 Å². The van der Waals surface area contributed by atoms with E-state index in [0.717, 1.165) is 26.4 Å². The standard InChI is InChI=1S/C12H18O.C2H6.CH4O.H3NO.Y/c1-11-7-4-5-9-12(11)8-3-2-6-10-13;3*1-2;/h4-5,7,9,13H,2-3,6,8,10H2,1H3;1-2H3;2H,1H3;2H,1H2;. The molecule has 0 atom stereocenters. The second-order valence-corrected chi connectivity index (χ2v) is 3.46. The molecule has 0 unspecified atom stereocenters. The van der Waals surface area contributed by atoms with Gasteiger partial charge in [-0.15, -0.1) is 0 Å². The Morgan fingerprint density at radius 2 is 1.45 bits per heavy atom. The van der Waals surface area contributed by atoms with Gasteiger partial charge in [0.25, 0.3) is 0 Å². The molecule has 0 aliphatic heterocycles. The largest absolute Gasteiger partial charge is 0.400 e. The maximum absolute atomic E-state index is 8.62. The summed E-state index contributed by atoms with van der Waals surface area (Å²) in [5, 5.41) is 22.1. The summed E-state index contributed by atoms with van der Waals surface area (Å²) in [6, 6.07) is 8.51. The molecule has 5 heteroatoms. The molecule has 0 fully saturated rings. The molecule has 20 heavy (non-hydrogen) atoms. The molecule has 1 rings (SSSR count). The Labute approximate surface area is 149 Å². The van der Waals surface area contributed by atoms with Gasteiger partial charge in [-0.05, 0) is 37.3 Å². The number of unbranched alkanes of at least 4 members (excludes halogenated alkanes) is 2. The van der Waals surface area contributed by atoms with Gasteiger partial charge < -0.3 is 15.4 Å². The summed E-state index contributed by atoms with van der Waals surface area (Å²) in [6.07, 6.45) is 4.40. The van der Waals surface area contributed by atoms with Crippen molar-refractivity contribution in [1.29, 1.82) is 0 Å². The smallest absolute Gasteiger partial charge is 0.0431 e. The maximum atomic E-state index is 8.62. The van der Waals surface area contributed by atoms with Crippen LogP contribution in [0.2, 0.25) is 0 Å². The van der Waals surface area contributed by atoms with E-state index in [2.05, 4.69) is 37.1 Å². The van der Waals surface area contributed by atoms with E-state index in [1.807, 2.05) is 13.8 Å². The molecule has 0 aliphatic rings. The minimum atomic E-state index is 0. The van der Waals surface area contributed by atoms with Crippen molar-refractivity contribution in [3.05, 3.63) is 35.4 Å². The number of benzene rings is 1. The first-order valence-electron chi connectivity index (χ1n) is 6.70. The number of hydrogen-bond acceptors (Lipinski definition) is 4. The van der Waals surface area contributed by atoms with Gasteiger partial charge in [-0.25, -0.2) is 5.90 Å². The number of aliphatic hydroxyl groups excluding tert-OH is 2. The van der Waals surface area contributed by atoms with Gasteiger partial charge in [0.2, 0.25) is 0 Å². The van der Waals surface area contributed by atoms with Crippen LogP contribution in [0.25, 0.3) is 0 Å². The first-order valence-corrected chi connectivity index (χ1v) is 6.70. The first-order chi connectivity index (χ1) is 9.34. The molecule has 5 N–H and O–H groups in total. The van der Waals surface area contributed by atoms with Gasteiger partial charge in [-0.2, -0.15) is 0 Å². The zero-order valence-electron chi connectivity index (χ0n) is 13.3. The third-order valence-electron chi connectivity index (χ3n) is 2.37. The average Bonchev–Trinajstić information content (AvgIpc) is 2.51. The van der Waals surface area contributed by atoms with Crippen molar-refractivity contribution in [2.75, 3.05) is 13.7 Å². The minimum Gasteiger partial charge on any atom is -0.400 e. The molecule has 0 heterocycles. The third-order valence-corrected chi connectivity index (χ3v) is 2.37. The van der Waals surface area contributed by atoms with Crippen LogP contribution in [0.1, 0.15) is 44.2 Å². The Kier molecular flexibility index (Phi) is 39.0. The molecule has 0 spiro atoms. The van der Waals surface area contributed by atoms with Gasteiger partial charge in [0, 0.05) is 46.4 Å². The summed E-state index contributed by atoms with van der Waals surface area (Å²) in [5.74, 6) is 3.50. The molecule has 1 aromatic carbocycles. The van der Waals surface area contributed by atoms with Crippen molar-refractivity contribution in [2.24, 2.45) is 5.90 Å². The Balaban J connectivity index is -0.000000162.